The van der Waals surface area contributed by atoms with Gasteiger partial charge >= 0.3 is 0 Å². The molecule has 2 aromatic carbocycles. The van der Waals surface area contributed by atoms with Crippen LogP contribution < -0.4 is 10.0 Å². The number of sulfonamides is 1. The monoisotopic (exact) mass is 458 g/mol. The molecule has 0 unspecified atom stereocenters. The van der Waals surface area contributed by atoms with E-state index in [0.29, 0.717) is 22.5 Å². The van der Waals surface area contributed by atoms with E-state index in [2.05, 4.69) is 10.0 Å². The number of carbonyl (C=O) groups is 1. The number of amides is 1. The smallest absolute Gasteiger partial charge is 0.248 e. The summed E-state index contributed by atoms with van der Waals surface area (Å²) in [5, 5.41) is 3.34. The molecule has 0 heterocycles. The van der Waals surface area contributed by atoms with Crippen molar-refractivity contribution in [3.63, 3.8) is 0 Å². The summed E-state index contributed by atoms with van der Waals surface area (Å²) in [6.45, 7) is 1.98. The van der Waals surface area contributed by atoms with E-state index in [1.807, 2.05) is 19.1 Å². The summed E-state index contributed by atoms with van der Waals surface area (Å²) in [6.07, 6.45) is 7.97. The van der Waals surface area contributed by atoms with E-state index in [-0.39, 0.29) is 16.8 Å². The molecule has 0 aromatic heterocycles. The highest BCUT2D eigenvalue weighted by Gasteiger charge is 2.42. The molecule has 31 heavy (non-hydrogen) atoms. The second-order valence-corrected chi connectivity index (χ2v) is 10.8. The molecule has 0 saturated heterocycles. The highest BCUT2D eigenvalue weighted by molar-refractivity contribution is 7.89. The van der Waals surface area contributed by atoms with E-state index in [9.17, 15) is 13.2 Å². The van der Waals surface area contributed by atoms with Gasteiger partial charge < -0.3 is 5.32 Å². The lowest BCUT2D eigenvalue weighted by molar-refractivity contribution is -0.111. The van der Waals surface area contributed by atoms with Gasteiger partial charge in [0.25, 0.3) is 0 Å². The fourth-order valence-electron chi connectivity index (χ4n) is 4.99. The van der Waals surface area contributed by atoms with Crippen LogP contribution in [-0.4, -0.2) is 20.4 Å². The first-order chi connectivity index (χ1) is 14.8. The van der Waals surface area contributed by atoms with E-state index in [0.717, 1.165) is 17.9 Å². The van der Waals surface area contributed by atoms with Gasteiger partial charge in [0, 0.05) is 22.8 Å². The molecule has 0 spiro atoms. The zero-order valence-electron chi connectivity index (χ0n) is 17.4. The molecule has 5 nitrogen and oxygen atoms in total. The van der Waals surface area contributed by atoms with Gasteiger partial charge in [0.2, 0.25) is 15.9 Å². The topological polar surface area (TPSA) is 75.3 Å². The number of carbonyl (C=O) groups excluding carboxylic acids is 1. The van der Waals surface area contributed by atoms with Crippen molar-refractivity contribution in [1.29, 1.82) is 0 Å². The fraction of sp³-hybridized carbons (Fsp3) is 0.375. The van der Waals surface area contributed by atoms with Gasteiger partial charge in [-0.3, -0.25) is 4.79 Å². The standard InChI is InChI=1S/C24H27ClN2O3S/c1-16(23-15-18-5-7-19(23)13-18)27-31(29,30)22-10-8-21(9-11-22)26-24(28)12-6-17-3-2-4-20(25)14-17/h2-4,6,8-12,14,16,18-19,23,27H,5,7,13,15H2,1H3,(H,26,28)/b12-6+/t16-,18+,19+,23-/m0/s1. The van der Waals surface area contributed by atoms with E-state index < -0.39 is 10.0 Å². The summed E-state index contributed by atoms with van der Waals surface area (Å²) >= 11 is 5.94. The third kappa shape index (κ3) is 5.37. The minimum Gasteiger partial charge on any atom is -0.323 e. The number of hydrogen-bond donors (Lipinski definition) is 2. The SMILES string of the molecule is C[C@H](NS(=O)(=O)c1ccc(NC(=O)/C=C/c2cccc(Cl)c2)cc1)[C@@H]1C[C@@H]2CC[C@@H]1C2. The Bertz CT molecular complexity index is 1080. The molecule has 2 fully saturated rings. The van der Waals surface area contributed by atoms with Gasteiger partial charge in [0.05, 0.1) is 4.90 Å². The van der Waals surface area contributed by atoms with Crippen LogP contribution in [0.15, 0.2) is 59.5 Å². The number of nitrogens with one attached hydrogen (secondary N) is 2. The second-order valence-electron chi connectivity index (χ2n) is 8.65. The molecule has 2 saturated carbocycles. The number of anilines is 1. The Morgan fingerprint density at radius 1 is 1.13 bits per heavy atom. The third-order valence-electron chi connectivity index (χ3n) is 6.48. The molecule has 2 aliphatic carbocycles. The highest BCUT2D eigenvalue weighted by atomic mass is 35.5. The molecule has 1 amide bonds. The Kier molecular flexibility index (Phi) is 6.51. The Morgan fingerprint density at radius 2 is 1.90 bits per heavy atom. The summed E-state index contributed by atoms with van der Waals surface area (Å²) in [5.74, 6) is 1.55. The van der Waals surface area contributed by atoms with Gasteiger partial charge in [-0.1, -0.05) is 30.2 Å². The molecule has 2 aliphatic rings. The number of benzene rings is 2. The van der Waals surface area contributed by atoms with E-state index in [1.165, 1.54) is 37.5 Å². The van der Waals surface area contributed by atoms with Crippen molar-refractivity contribution in [3.05, 3.63) is 65.2 Å². The van der Waals surface area contributed by atoms with E-state index >= 15 is 0 Å². The minimum atomic E-state index is -3.60. The van der Waals surface area contributed by atoms with Crippen LogP contribution in [0.25, 0.3) is 6.08 Å². The summed E-state index contributed by atoms with van der Waals surface area (Å²) in [5.41, 5.74) is 1.35. The summed E-state index contributed by atoms with van der Waals surface area (Å²) < 4.78 is 28.5. The van der Waals surface area contributed by atoms with Crippen LogP contribution in [0.2, 0.25) is 5.02 Å². The van der Waals surface area contributed by atoms with Crippen LogP contribution in [-0.2, 0) is 14.8 Å². The normalized spacial score (nSPS) is 23.9. The van der Waals surface area contributed by atoms with Crippen LogP contribution >= 0.6 is 11.6 Å². The molecular formula is C24H27ClN2O3S. The number of fused-ring (bicyclic) bond motifs is 2. The molecule has 4 atom stereocenters. The summed E-state index contributed by atoms with van der Waals surface area (Å²) in [7, 11) is -3.60. The van der Waals surface area contributed by atoms with Crippen LogP contribution in [0.5, 0.6) is 0 Å². The molecule has 0 radical (unpaired) electrons. The molecule has 0 aliphatic heterocycles. The summed E-state index contributed by atoms with van der Waals surface area (Å²) in [4.78, 5) is 12.3. The average Bonchev–Trinajstić information content (AvgIpc) is 3.36. The van der Waals surface area contributed by atoms with Crippen molar-refractivity contribution >= 4 is 39.3 Å². The predicted octanol–water partition coefficient (Wildman–Crippen LogP) is 5.09. The van der Waals surface area contributed by atoms with Crippen LogP contribution in [0.1, 0.15) is 38.2 Å². The van der Waals surface area contributed by atoms with Gasteiger partial charge in [-0.25, -0.2) is 13.1 Å². The fourth-order valence-corrected chi connectivity index (χ4v) is 6.48. The minimum absolute atomic E-state index is 0.0729. The molecule has 2 N–H and O–H groups in total. The van der Waals surface area contributed by atoms with Gasteiger partial charge in [0.1, 0.15) is 0 Å². The first-order valence-corrected chi connectivity index (χ1v) is 12.5. The molecule has 7 heteroatoms. The maximum atomic E-state index is 12.8. The first-order valence-electron chi connectivity index (χ1n) is 10.7. The number of halogens is 1. The van der Waals surface area contributed by atoms with Gasteiger partial charge in [-0.2, -0.15) is 0 Å². The van der Waals surface area contributed by atoms with Crippen molar-refractivity contribution < 1.29 is 13.2 Å². The van der Waals surface area contributed by atoms with Crippen molar-refractivity contribution in [3.8, 4) is 0 Å². The predicted molar refractivity (Wildman–Crippen MR) is 124 cm³/mol. The highest BCUT2D eigenvalue weighted by Crippen LogP contribution is 2.49. The average molecular weight is 459 g/mol. The van der Waals surface area contributed by atoms with Gasteiger partial charge in [-0.15, -0.1) is 0 Å². The second kappa shape index (κ2) is 9.15. The summed E-state index contributed by atoms with van der Waals surface area (Å²) in [6, 6.07) is 13.3. The molecular weight excluding hydrogens is 432 g/mol. The Morgan fingerprint density at radius 3 is 2.55 bits per heavy atom. The number of rotatable bonds is 7. The quantitative estimate of drug-likeness (QED) is 0.567. The third-order valence-corrected chi connectivity index (χ3v) is 8.29. The molecule has 164 valence electrons. The Labute approximate surface area is 188 Å². The first kappa shape index (κ1) is 22.1. The van der Waals surface area contributed by atoms with Crippen LogP contribution in [0.4, 0.5) is 5.69 Å². The molecule has 4 rings (SSSR count). The largest absolute Gasteiger partial charge is 0.323 e. The lowest BCUT2D eigenvalue weighted by Gasteiger charge is -2.28. The Hall–Kier alpha value is -2.15. The van der Waals surface area contributed by atoms with E-state index in [1.54, 1.807) is 30.3 Å². The zero-order valence-corrected chi connectivity index (χ0v) is 19.0. The van der Waals surface area contributed by atoms with Gasteiger partial charge in [0.15, 0.2) is 0 Å². The van der Waals surface area contributed by atoms with Crippen LogP contribution in [0, 0.1) is 17.8 Å². The van der Waals surface area contributed by atoms with Crippen molar-refractivity contribution in [2.45, 2.75) is 43.5 Å². The Balaban J connectivity index is 1.35. The molecule has 2 aromatic rings. The van der Waals surface area contributed by atoms with Crippen LogP contribution in [0.3, 0.4) is 0 Å². The lowest BCUT2D eigenvalue weighted by Crippen LogP contribution is -2.40. The maximum absolute atomic E-state index is 12.8. The zero-order chi connectivity index (χ0) is 22.0. The lowest BCUT2D eigenvalue weighted by atomic mass is 9.84. The van der Waals surface area contributed by atoms with Crippen molar-refractivity contribution in [2.24, 2.45) is 17.8 Å². The van der Waals surface area contributed by atoms with Gasteiger partial charge in [-0.05, 0) is 92.0 Å². The maximum Gasteiger partial charge on any atom is 0.248 e. The number of hydrogen-bond acceptors (Lipinski definition) is 3. The molecule has 2 bridgehead atoms. The van der Waals surface area contributed by atoms with Crippen molar-refractivity contribution in [1.82, 2.24) is 4.72 Å². The van der Waals surface area contributed by atoms with Crippen molar-refractivity contribution in [2.75, 3.05) is 5.32 Å². The van der Waals surface area contributed by atoms with E-state index in [4.69, 9.17) is 11.6 Å².